The second kappa shape index (κ2) is 8.31. The minimum atomic E-state index is -3.79. The van der Waals surface area contributed by atoms with E-state index in [9.17, 15) is 22.0 Å². The number of thiazole rings is 1. The van der Waals surface area contributed by atoms with Crippen molar-refractivity contribution in [2.24, 2.45) is 0 Å². The Kier molecular flexibility index (Phi) is 5.85. The van der Waals surface area contributed by atoms with E-state index in [1.165, 1.54) is 30.5 Å². The Hall–Kier alpha value is -3.05. The van der Waals surface area contributed by atoms with Crippen LogP contribution in [0.1, 0.15) is 0 Å². The van der Waals surface area contributed by atoms with Crippen molar-refractivity contribution in [1.82, 2.24) is 4.98 Å². The Bertz CT molecular complexity index is 1050. The number of hydrogen-bond donors (Lipinski definition) is 2. The summed E-state index contributed by atoms with van der Waals surface area (Å²) in [6.07, 6.45) is 1.47. The second-order valence-corrected chi connectivity index (χ2v) is 7.99. The van der Waals surface area contributed by atoms with Crippen LogP contribution >= 0.6 is 11.3 Å². The van der Waals surface area contributed by atoms with E-state index >= 15 is 0 Å². The largest absolute Gasteiger partial charge is 0.484 e. The third kappa shape index (κ3) is 5.24. The normalized spacial score (nSPS) is 11.1. The SMILES string of the molecule is O=C(COc1cc(F)cc(F)c1)Nc1ccc(S(=O)(=O)Nc2nccs2)cc1. The molecule has 0 atom stereocenters. The van der Waals surface area contributed by atoms with Gasteiger partial charge in [-0.1, -0.05) is 0 Å². The summed E-state index contributed by atoms with van der Waals surface area (Å²) in [6.45, 7) is -0.478. The first-order valence-electron chi connectivity index (χ1n) is 7.73. The van der Waals surface area contributed by atoms with Crippen molar-refractivity contribution in [1.29, 1.82) is 0 Å². The highest BCUT2D eigenvalue weighted by molar-refractivity contribution is 7.93. The molecule has 0 aliphatic carbocycles. The number of rotatable bonds is 7. The Morgan fingerprint density at radius 1 is 1.11 bits per heavy atom. The molecular weight excluding hydrogens is 412 g/mol. The summed E-state index contributed by atoms with van der Waals surface area (Å²) in [5, 5.41) is 4.36. The van der Waals surface area contributed by atoms with Crippen molar-refractivity contribution in [3.8, 4) is 5.75 Å². The van der Waals surface area contributed by atoms with Crippen molar-refractivity contribution in [2.75, 3.05) is 16.6 Å². The van der Waals surface area contributed by atoms with Crippen molar-refractivity contribution in [3.63, 3.8) is 0 Å². The summed E-state index contributed by atoms with van der Waals surface area (Å²) in [6, 6.07) is 8.01. The molecule has 28 heavy (non-hydrogen) atoms. The highest BCUT2D eigenvalue weighted by Gasteiger charge is 2.15. The van der Waals surface area contributed by atoms with E-state index in [0.29, 0.717) is 11.8 Å². The lowest BCUT2D eigenvalue weighted by Gasteiger charge is -2.09. The molecule has 1 amide bonds. The van der Waals surface area contributed by atoms with Gasteiger partial charge >= 0.3 is 0 Å². The molecule has 2 N–H and O–H groups in total. The molecule has 1 heterocycles. The number of nitrogens with zero attached hydrogens (tertiary/aromatic N) is 1. The lowest BCUT2D eigenvalue weighted by molar-refractivity contribution is -0.118. The fourth-order valence-electron chi connectivity index (χ4n) is 2.12. The number of halogens is 2. The zero-order valence-corrected chi connectivity index (χ0v) is 15.7. The van der Waals surface area contributed by atoms with E-state index in [-0.39, 0.29) is 15.8 Å². The van der Waals surface area contributed by atoms with E-state index in [2.05, 4.69) is 15.0 Å². The number of anilines is 2. The van der Waals surface area contributed by atoms with Crippen LogP contribution in [-0.2, 0) is 14.8 Å². The van der Waals surface area contributed by atoms with E-state index in [0.717, 1.165) is 23.5 Å². The highest BCUT2D eigenvalue weighted by atomic mass is 32.2. The standard InChI is InChI=1S/C17H13F2N3O4S2/c18-11-7-12(19)9-14(8-11)26-10-16(23)21-13-1-3-15(4-2-13)28(24,25)22-17-20-5-6-27-17/h1-9H,10H2,(H,20,22)(H,21,23). The zero-order valence-electron chi connectivity index (χ0n) is 14.1. The summed E-state index contributed by atoms with van der Waals surface area (Å²) in [5.74, 6) is -2.35. The predicted octanol–water partition coefficient (Wildman–Crippen LogP) is 3.24. The van der Waals surface area contributed by atoms with Gasteiger partial charge in [0, 0.05) is 35.5 Å². The molecule has 11 heteroatoms. The fourth-order valence-corrected chi connectivity index (χ4v) is 3.91. The van der Waals surface area contributed by atoms with Gasteiger partial charge in [0.15, 0.2) is 11.7 Å². The van der Waals surface area contributed by atoms with Crippen LogP contribution < -0.4 is 14.8 Å². The number of aromatic nitrogens is 1. The molecule has 0 spiro atoms. The number of benzene rings is 2. The van der Waals surface area contributed by atoms with Crippen LogP contribution in [0.2, 0.25) is 0 Å². The van der Waals surface area contributed by atoms with Gasteiger partial charge in [0.1, 0.15) is 17.4 Å². The van der Waals surface area contributed by atoms with Gasteiger partial charge in [0.05, 0.1) is 4.90 Å². The van der Waals surface area contributed by atoms with Gasteiger partial charge in [-0.05, 0) is 24.3 Å². The van der Waals surface area contributed by atoms with Crippen LogP contribution in [-0.4, -0.2) is 25.9 Å². The van der Waals surface area contributed by atoms with Crippen LogP contribution in [0.3, 0.4) is 0 Å². The third-order valence-corrected chi connectivity index (χ3v) is 5.48. The van der Waals surface area contributed by atoms with Gasteiger partial charge < -0.3 is 10.1 Å². The molecule has 146 valence electrons. The molecule has 2 aromatic carbocycles. The highest BCUT2D eigenvalue weighted by Crippen LogP contribution is 2.20. The molecular formula is C17H13F2N3O4S2. The number of nitrogens with one attached hydrogen (secondary N) is 2. The first-order chi connectivity index (χ1) is 13.3. The van der Waals surface area contributed by atoms with E-state index in [4.69, 9.17) is 4.74 Å². The molecule has 0 fully saturated rings. The molecule has 0 unspecified atom stereocenters. The topological polar surface area (TPSA) is 97.4 Å². The number of ether oxygens (including phenoxy) is 1. The summed E-state index contributed by atoms with van der Waals surface area (Å²) >= 11 is 1.14. The van der Waals surface area contributed by atoms with Crippen molar-refractivity contribution in [2.45, 2.75) is 4.90 Å². The summed E-state index contributed by atoms with van der Waals surface area (Å²) < 4.78 is 58.0. The third-order valence-electron chi connectivity index (χ3n) is 3.31. The van der Waals surface area contributed by atoms with Gasteiger partial charge in [-0.2, -0.15) is 0 Å². The first kappa shape index (κ1) is 19.7. The minimum absolute atomic E-state index is 0.00724. The van der Waals surface area contributed by atoms with E-state index in [1.54, 1.807) is 5.38 Å². The molecule has 0 saturated carbocycles. The molecule has 3 aromatic rings. The summed E-state index contributed by atoms with van der Waals surface area (Å²) in [5.41, 5.74) is 0.326. The van der Waals surface area contributed by atoms with Crippen molar-refractivity contribution < 1.29 is 26.7 Å². The van der Waals surface area contributed by atoms with Crippen LogP contribution in [0.15, 0.2) is 58.9 Å². The first-order valence-corrected chi connectivity index (χ1v) is 10.1. The van der Waals surface area contributed by atoms with Crippen LogP contribution in [0.5, 0.6) is 5.75 Å². The van der Waals surface area contributed by atoms with Crippen molar-refractivity contribution >= 4 is 38.1 Å². The van der Waals surface area contributed by atoms with Crippen LogP contribution in [0, 0.1) is 11.6 Å². The van der Waals surface area contributed by atoms with E-state index < -0.39 is 34.2 Å². The van der Waals surface area contributed by atoms with Crippen molar-refractivity contribution in [3.05, 3.63) is 65.7 Å². The second-order valence-electron chi connectivity index (χ2n) is 5.41. The summed E-state index contributed by atoms with van der Waals surface area (Å²) in [7, 11) is -3.79. The average Bonchev–Trinajstić information content (AvgIpc) is 3.12. The Morgan fingerprint density at radius 3 is 2.39 bits per heavy atom. The number of hydrogen-bond acceptors (Lipinski definition) is 6. The lowest BCUT2D eigenvalue weighted by Crippen LogP contribution is -2.20. The monoisotopic (exact) mass is 425 g/mol. The minimum Gasteiger partial charge on any atom is -0.484 e. The Balaban J connectivity index is 1.58. The number of amides is 1. The Labute approximate surface area is 163 Å². The quantitative estimate of drug-likeness (QED) is 0.606. The molecule has 7 nitrogen and oxygen atoms in total. The van der Waals surface area contributed by atoms with Gasteiger partial charge in [-0.3, -0.25) is 9.52 Å². The molecule has 3 rings (SSSR count). The average molecular weight is 425 g/mol. The molecule has 0 aliphatic heterocycles. The number of sulfonamides is 1. The van der Waals surface area contributed by atoms with Gasteiger partial charge in [-0.15, -0.1) is 11.3 Å². The smallest absolute Gasteiger partial charge is 0.263 e. The van der Waals surface area contributed by atoms with E-state index in [1.807, 2.05) is 0 Å². The fraction of sp³-hybridized carbons (Fsp3) is 0.0588. The van der Waals surface area contributed by atoms with Gasteiger partial charge in [0.25, 0.3) is 15.9 Å². The molecule has 0 aliphatic rings. The maximum Gasteiger partial charge on any atom is 0.263 e. The molecule has 0 bridgehead atoms. The summed E-state index contributed by atoms with van der Waals surface area (Å²) in [4.78, 5) is 15.7. The van der Waals surface area contributed by atoms with Gasteiger partial charge in [0.2, 0.25) is 0 Å². The molecule has 0 radical (unpaired) electrons. The molecule has 1 aromatic heterocycles. The number of carbonyl (C=O) groups is 1. The van der Waals surface area contributed by atoms with Gasteiger partial charge in [-0.25, -0.2) is 22.2 Å². The van der Waals surface area contributed by atoms with Crippen LogP contribution in [0.4, 0.5) is 19.6 Å². The molecule has 0 saturated heterocycles. The predicted molar refractivity (Wildman–Crippen MR) is 99.8 cm³/mol. The maximum atomic E-state index is 13.1. The number of carbonyl (C=O) groups excluding carboxylic acids is 1. The lowest BCUT2D eigenvalue weighted by atomic mass is 10.3. The zero-order chi connectivity index (χ0) is 20.1. The Morgan fingerprint density at radius 2 is 1.79 bits per heavy atom. The maximum absolute atomic E-state index is 13.1. The van der Waals surface area contributed by atoms with Crippen LogP contribution in [0.25, 0.3) is 0 Å².